The molecule has 2 aromatic carbocycles. The van der Waals surface area contributed by atoms with Crippen LogP contribution in [-0.4, -0.2) is 72.4 Å². The van der Waals surface area contributed by atoms with Crippen molar-refractivity contribution in [2.24, 2.45) is 11.8 Å². The topological polar surface area (TPSA) is 123 Å². The lowest BCUT2D eigenvalue weighted by molar-refractivity contribution is -0.133. The van der Waals surface area contributed by atoms with E-state index in [1.165, 1.54) is 0 Å². The zero-order chi connectivity index (χ0) is 26.7. The van der Waals surface area contributed by atoms with Crippen LogP contribution in [0.5, 0.6) is 5.75 Å². The molecule has 9 nitrogen and oxygen atoms in total. The Kier molecular flexibility index (Phi) is 10.4. The zero-order valence-electron chi connectivity index (χ0n) is 21.9. The maximum absolute atomic E-state index is 13.0. The van der Waals surface area contributed by atoms with Gasteiger partial charge in [-0.2, -0.15) is 0 Å². The largest absolute Gasteiger partial charge is 0.493 e. The molecule has 1 fully saturated rings. The molecule has 0 aliphatic carbocycles. The van der Waals surface area contributed by atoms with Gasteiger partial charge in [0.2, 0.25) is 11.8 Å². The predicted octanol–water partition coefficient (Wildman–Crippen LogP) is 1.89. The van der Waals surface area contributed by atoms with Crippen LogP contribution in [0.4, 0.5) is 5.69 Å². The minimum absolute atomic E-state index is 0.0578. The number of fused-ring (bicyclic) bond motifs is 3. The van der Waals surface area contributed by atoms with Gasteiger partial charge in [-0.1, -0.05) is 30.3 Å². The second-order valence-electron chi connectivity index (χ2n) is 10.2. The molecule has 9 heteroatoms. The van der Waals surface area contributed by atoms with Crippen molar-refractivity contribution in [1.82, 2.24) is 15.5 Å². The summed E-state index contributed by atoms with van der Waals surface area (Å²) in [6.07, 6.45) is 3.01. The summed E-state index contributed by atoms with van der Waals surface area (Å²) >= 11 is 0. The van der Waals surface area contributed by atoms with Crippen molar-refractivity contribution in [2.75, 3.05) is 44.8 Å². The average Bonchev–Trinajstić information content (AvgIpc) is 2.95. The maximum atomic E-state index is 13.0. The molecular weight excluding hydrogens is 484 g/mol. The van der Waals surface area contributed by atoms with Gasteiger partial charge in [-0.25, -0.2) is 0 Å². The molecule has 0 unspecified atom stereocenters. The second kappa shape index (κ2) is 14.1. The number of carbonyl (C=O) groups is 2. The van der Waals surface area contributed by atoms with Gasteiger partial charge in [0.05, 0.1) is 32.4 Å². The van der Waals surface area contributed by atoms with Crippen molar-refractivity contribution in [3.05, 3.63) is 59.7 Å². The van der Waals surface area contributed by atoms with Crippen LogP contribution >= 0.6 is 0 Å². The van der Waals surface area contributed by atoms with Crippen LogP contribution in [-0.2, 0) is 22.7 Å². The number of benzene rings is 2. The predicted molar refractivity (Wildman–Crippen MR) is 146 cm³/mol. The summed E-state index contributed by atoms with van der Waals surface area (Å²) in [6.45, 7) is 2.74. The van der Waals surface area contributed by atoms with E-state index in [1.54, 1.807) is 0 Å². The summed E-state index contributed by atoms with van der Waals surface area (Å²) in [5.41, 5.74) is 2.76. The van der Waals surface area contributed by atoms with Crippen molar-refractivity contribution in [3.8, 4) is 5.75 Å². The Hall–Kier alpha value is -3.14. The van der Waals surface area contributed by atoms with Gasteiger partial charge in [0.15, 0.2) is 0 Å². The summed E-state index contributed by atoms with van der Waals surface area (Å²) in [4.78, 5) is 27.7. The number of piperidine rings is 1. The molecule has 0 spiro atoms. The first kappa shape index (κ1) is 27.9. The number of nitrogens with zero attached hydrogens (tertiary/aromatic N) is 1. The van der Waals surface area contributed by atoms with Gasteiger partial charge in [-0.15, -0.1) is 0 Å². The molecule has 2 aliphatic rings. The Morgan fingerprint density at radius 3 is 2.71 bits per heavy atom. The molecule has 2 bridgehead atoms. The van der Waals surface area contributed by atoms with Crippen molar-refractivity contribution in [1.29, 1.82) is 0 Å². The molecule has 206 valence electrons. The Morgan fingerprint density at radius 1 is 1.11 bits per heavy atom. The lowest BCUT2D eigenvalue weighted by Gasteiger charge is -2.38. The number of anilines is 1. The fourth-order valence-corrected chi connectivity index (χ4v) is 5.29. The van der Waals surface area contributed by atoms with Crippen molar-refractivity contribution in [2.45, 2.75) is 44.8 Å². The highest BCUT2D eigenvalue weighted by Gasteiger charge is 2.32. The summed E-state index contributed by atoms with van der Waals surface area (Å²) < 4.78 is 6.14. The average molecular weight is 525 g/mol. The third kappa shape index (κ3) is 7.93. The first-order chi connectivity index (χ1) is 18.6. The van der Waals surface area contributed by atoms with Crippen LogP contribution in [0.15, 0.2) is 48.5 Å². The zero-order valence-corrected chi connectivity index (χ0v) is 21.9. The molecule has 4 rings (SSSR count). The monoisotopic (exact) mass is 524 g/mol. The smallest absolute Gasteiger partial charge is 0.236 e. The van der Waals surface area contributed by atoms with E-state index < -0.39 is 6.04 Å². The fraction of sp³-hybridized carbons (Fsp3) is 0.517. The first-order valence-corrected chi connectivity index (χ1v) is 13.6. The highest BCUT2D eigenvalue weighted by molar-refractivity contribution is 5.79. The summed E-state index contributed by atoms with van der Waals surface area (Å²) in [5.74, 6) is 1.36. The quantitative estimate of drug-likeness (QED) is 0.357. The normalized spacial score (nSPS) is 20.4. The van der Waals surface area contributed by atoms with Gasteiger partial charge < -0.3 is 35.8 Å². The van der Waals surface area contributed by atoms with E-state index in [-0.39, 0.29) is 43.4 Å². The fourth-order valence-electron chi connectivity index (χ4n) is 5.29. The standard InChI is InChI=1S/C29H40N4O5/c34-19-26(20-35)32-25-8-9-27-24(13-25)16-30-17-29(37)33-11-10-22(23(18-33)7-4-12-38-27)14-28(36)31-15-21-5-2-1-3-6-21/h1-3,5-6,8-9,13,22-23,26,30,32,34-35H,4,7,10-12,14-20H2,(H,31,36)/t22-,23-/m0/s1. The molecule has 1 saturated heterocycles. The first-order valence-electron chi connectivity index (χ1n) is 13.6. The van der Waals surface area contributed by atoms with E-state index in [0.717, 1.165) is 41.8 Å². The number of aliphatic hydroxyl groups excluding tert-OH is 2. The van der Waals surface area contributed by atoms with Gasteiger partial charge in [0.1, 0.15) is 5.75 Å². The van der Waals surface area contributed by atoms with E-state index in [0.29, 0.717) is 39.2 Å². The number of hydrogen-bond acceptors (Lipinski definition) is 7. The number of ether oxygens (including phenoxy) is 1. The van der Waals surface area contributed by atoms with Gasteiger partial charge >= 0.3 is 0 Å². The molecule has 0 saturated carbocycles. The molecule has 0 aromatic heterocycles. The Labute approximate surface area is 224 Å². The summed E-state index contributed by atoms with van der Waals surface area (Å²) in [6, 6.07) is 15.1. The van der Waals surface area contributed by atoms with E-state index >= 15 is 0 Å². The van der Waals surface area contributed by atoms with Crippen molar-refractivity contribution >= 4 is 17.5 Å². The van der Waals surface area contributed by atoms with Crippen LogP contribution in [0.1, 0.15) is 36.8 Å². The number of carbonyl (C=O) groups excluding carboxylic acids is 2. The van der Waals surface area contributed by atoms with E-state index in [1.807, 2.05) is 53.4 Å². The van der Waals surface area contributed by atoms with Crippen LogP contribution in [0.3, 0.4) is 0 Å². The minimum atomic E-state index is -0.446. The van der Waals surface area contributed by atoms with Gasteiger partial charge in [-0.05, 0) is 54.9 Å². The van der Waals surface area contributed by atoms with Gasteiger partial charge in [0.25, 0.3) is 0 Å². The summed E-state index contributed by atoms with van der Waals surface area (Å²) in [7, 11) is 0. The number of nitrogens with one attached hydrogen (secondary N) is 3. The molecule has 2 atom stereocenters. The van der Waals surface area contributed by atoms with Crippen LogP contribution in [0.2, 0.25) is 0 Å². The maximum Gasteiger partial charge on any atom is 0.236 e. The van der Waals surface area contributed by atoms with Crippen molar-refractivity contribution < 1.29 is 24.5 Å². The molecule has 2 aromatic rings. The Balaban J connectivity index is 1.38. The molecule has 0 radical (unpaired) electrons. The second-order valence-corrected chi connectivity index (χ2v) is 10.2. The molecule has 5 N–H and O–H groups in total. The highest BCUT2D eigenvalue weighted by Crippen LogP contribution is 2.31. The lowest BCUT2D eigenvalue weighted by Crippen LogP contribution is -2.47. The molecule has 38 heavy (non-hydrogen) atoms. The molecule has 2 aliphatic heterocycles. The number of hydrogen-bond donors (Lipinski definition) is 5. The summed E-state index contributed by atoms with van der Waals surface area (Å²) in [5, 5.41) is 28.2. The lowest BCUT2D eigenvalue weighted by atomic mass is 9.80. The number of rotatable bonds is 8. The van der Waals surface area contributed by atoms with Crippen molar-refractivity contribution in [3.63, 3.8) is 0 Å². The highest BCUT2D eigenvalue weighted by atomic mass is 16.5. The van der Waals surface area contributed by atoms with E-state index in [4.69, 9.17) is 4.74 Å². The number of aliphatic hydroxyl groups is 2. The third-order valence-electron chi connectivity index (χ3n) is 7.46. The van der Waals surface area contributed by atoms with E-state index in [2.05, 4.69) is 16.0 Å². The Bertz CT molecular complexity index is 1050. The third-order valence-corrected chi connectivity index (χ3v) is 7.46. The SMILES string of the molecule is O=C(C[C@@H]1CCN2C[C@@H]1CCCOc1ccc(NC(CO)CO)cc1CNCC2=O)NCc1ccccc1. The van der Waals surface area contributed by atoms with Crippen LogP contribution < -0.4 is 20.7 Å². The Morgan fingerprint density at radius 2 is 1.92 bits per heavy atom. The minimum Gasteiger partial charge on any atom is -0.493 e. The molecule has 2 heterocycles. The van der Waals surface area contributed by atoms with Crippen LogP contribution in [0.25, 0.3) is 0 Å². The van der Waals surface area contributed by atoms with Gasteiger partial charge in [-0.3, -0.25) is 9.59 Å². The molecule has 2 amide bonds. The van der Waals surface area contributed by atoms with Crippen LogP contribution in [0, 0.1) is 11.8 Å². The molecular formula is C29H40N4O5. The number of amides is 2. The van der Waals surface area contributed by atoms with Gasteiger partial charge in [0, 0.05) is 43.9 Å². The van der Waals surface area contributed by atoms with E-state index in [9.17, 15) is 19.8 Å².